The Labute approximate surface area is 148 Å². The topological polar surface area (TPSA) is 49.9 Å². The lowest BCUT2D eigenvalue weighted by Crippen LogP contribution is -2.40. The maximum Gasteiger partial charge on any atom is 0.224 e. The largest absolute Gasteiger partial charge is 0.495 e. The van der Waals surface area contributed by atoms with Crippen LogP contribution in [0.2, 0.25) is 5.02 Å². The Morgan fingerprint density at radius 3 is 2.58 bits per heavy atom. The van der Waals surface area contributed by atoms with Crippen LogP contribution in [0.15, 0.2) is 18.2 Å². The van der Waals surface area contributed by atoms with Crippen molar-refractivity contribution in [2.24, 2.45) is 5.92 Å². The first-order valence-electron chi connectivity index (χ1n) is 8.31. The zero-order chi connectivity index (χ0) is 17.7. The molecule has 1 aliphatic heterocycles. The third-order valence-electron chi connectivity index (χ3n) is 4.50. The Morgan fingerprint density at radius 1 is 1.33 bits per heavy atom. The molecule has 0 aliphatic carbocycles. The van der Waals surface area contributed by atoms with Gasteiger partial charge in [-0.05, 0) is 37.0 Å². The quantitative estimate of drug-likeness (QED) is 0.816. The maximum atomic E-state index is 12.4. The van der Waals surface area contributed by atoms with Crippen molar-refractivity contribution in [3.63, 3.8) is 0 Å². The van der Waals surface area contributed by atoms with Crippen LogP contribution in [0.5, 0.6) is 5.75 Å². The number of piperidine rings is 1. The summed E-state index contributed by atoms with van der Waals surface area (Å²) in [7, 11) is 1.55. The number of ether oxygens (including phenoxy) is 1. The fourth-order valence-electron chi connectivity index (χ4n) is 2.95. The van der Waals surface area contributed by atoms with E-state index in [-0.39, 0.29) is 11.8 Å². The molecule has 24 heavy (non-hydrogen) atoms. The molecule has 0 N–H and O–H groups in total. The first-order valence-corrected chi connectivity index (χ1v) is 8.69. The number of likely N-dealkylation sites (tertiary alicyclic amines) is 1. The van der Waals surface area contributed by atoms with E-state index in [1.165, 1.54) is 6.92 Å². The van der Waals surface area contributed by atoms with E-state index < -0.39 is 0 Å². The first kappa shape index (κ1) is 18.6. The molecule has 0 radical (unpaired) electrons. The monoisotopic (exact) mass is 352 g/mol. The van der Waals surface area contributed by atoms with Crippen molar-refractivity contribution in [1.29, 1.82) is 0 Å². The summed E-state index contributed by atoms with van der Waals surface area (Å²) in [5, 5.41) is 0.522. The summed E-state index contributed by atoms with van der Waals surface area (Å²) in [6.07, 6.45) is 2.39. The second-order valence-corrected chi connectivity index (χ2v) is 6.74. The van der Waals surface area contributed by atoms with Gasteiger partial charge in [-0.1, -0.05) is 18.5 Å². The molecule has 0 aromatic heterocycles. The first-order chi connectivity index (χ1) is 11.4. The van der Waals surface area contributed by atoms with Crippen LogP contribution in [-0.4, -0.2) is 43.5 Å². The van der Waals surface area contributed by atoms with Gasteiger partial charge in [-0.2, -0.15) is 0 Å². The summed E-state index contributed by atoms with van der Waals surface area (Å²) in [5.41, 5.74) is 0.595. The van der Waals surface area contributed by atoms with Gasteiger partial charge in [0.25, 0.3) is 0 Å². The zero-order valence-corrected chi connectivity index (χ0v) is 15.3. The lowest BCUT2D eigenvalue weighted by molar-refractivity contribution is -0.132. The second kappa shape index (κ2) is 8.38. The van der Waals surface area contributed by atoms with Gasteiger partial charge in [0.2, 0.25) is 11.8 Å². The third-order valence-corrected chi connectivity index (χ3v) is 4.73. The van der Waals surface area contributed by atoms with Crippen molar-refractivity contribution in [2.45, 2.75) is 33.1 Å². The van der Waals surface area contributed by atoms with Crippen molar-refractivity contribution >= 4 is 29.1 Å². The number of amides is 2. The fourth-order valence-corrected chi connectivity index (χ4v) is 3.11. The molecule has 6 heteroatoms. The Morgan fingerprint density at radius 2 is 2.00 bits per heavy atom. The molecule has 1 fully saturated rings. The van der Waals surface area contributed by atoms with Gasteiger partial charge in [0.05, 0.1) is 12.8 Å². The van der Waals surface area contributed by atoms with Crippen LogP contribution >= 0.6 is 11.6 Å². The summed E-state index contributed by atoms with van der Waals surface area (Å²) in [5.74, 6) is 1.19. The molecule has 132 valence electrons. The lowest BCUT2D eigenvalue weighted by atomic mass is 9.99. The molecule has 1 aromatic rings. The SMILES string of the molecule is COc1ccc(Cl)cc1N(CCC(=O)N1CCC(C)CC1)C(C)=O. The van der Waals surface area contributed by atoms with Crippen LogP contribution in [0.25, 0.3) is 0 Å². The minimum Gasteiger partial charge on any atom is -0.495 e. The van der Waals surface area contributed by atoms with Crippen molar-refractivity contribution in [3.05, 3.63) is 23.2 Å². The van der Waals surface area contributed by atoms with Crippen molar-refractivity contribution in [2.75, 3.05) is 31.6 Å². The van der Waals surface area contributed by atoms with Crippen LogP contribution in [0.1, 0.15) is 33.1 Å². The lowest BCUT2D eigenvalue weighted by Gasteiger charge is -2.31. The molecule has 0 spiro atoms. The van der Waals surface area contributed by atoms with Gasteiger partial charge in [-0.3, -0.25) is 9.59 Å². The van der Waals surface area contributed by atoms with E-state index in [1.807, 2.05) is 4.90 Å². The summed E-state index contributed by atoms with van der Waals surface area (Å²) < 4.78 is 5.32. The molecule has 5 nitrogen and oxygen atoms in total. The van der Waals surface area contributed by atoms with Crippen molar-refractivity contribution in [1.82, 2.24) is 4.90 Å². The number of halogens is 1. The maximum absolute atomic E-state index is 12.4. The summed E-state index contributed by atoms with van der Waals surface area (Å²) >= 11 is 6.05. The number of carbonyl (C=O) groups excluding carboxylic acids is 2. The molecule has 1 aliphatic rings. The summed E-state index contributed by atoms with van der Waals surface area (Å²) in [6, 6.07) is 5.12. The molecule has 1 saturated heterocycles. The molecule has 1 heterocycles. The van der Waals surface area contributed by atoms with Gasteiger partial charge in [0.1, 0.15) is 5.75 Å². The number of carbonyl (C=O) groups is 2. The predicted molar refractivity (Wildman–Crippen MR) is 95.6 cm³/mol. The molecule has 2 rings (SSSR count). The van der Waals surface area contributed by atoms with E-state index in [2.05, 4.69) is 6.92 Å². The van der Waals surface area contributed by atoms with Crippen LogP contribution < -0.4 is 9.64 Å². The smallest absolute Gasteiger partial charge is 0.224 e. The van der Waals surface area contributed by atoms with Crippen LogP contribution in [0, 0.1) is 5.92 Å². The molecule has 1 aromatic carbocycles. The van der Waals surface area contributed by atoms with Gasteiger partial charge in [0, 0.05) is 38.0 Å². The van der Waals surface area contributed by atoms with Gasteiger partial charge in [-0.15, -0.1) is 0 Å². The summed E-state index contributed by atoms with van der Waals surface area (Å²) in [4.78, 5) is 27.9. The van der Waals surface area contributed by atoms with E-state index in [0.29, 0.717) is 35.3 Å². The number of nitrogens with zero attached hydrogens (tertiary/aromatic N) is 2. The van der Waals surface area contributed by atoms with Crippen LogP contribution in [0.3, 0.4) is 0 Å². The van der Waals surface area contributed by atoms with Gasteiger partial charge >= 0.3 is 0 Å². The number of methoxy groups -OCH3 is 1. The Balaban J connectivity index is 2.05. The predicted octanol–water partition coefficient (Wildman–Crippen LogP) is 3.35. The second-order valence-electron chi connectivity index (χ2n) is 6.30. The van der Waals surface area contributed by atoms with Crippen molar-refractivity contribution in [3.8, 4) is 5.75 Å². The fraction of sp³-hybridized carbons (Fsp3) is 0.556. The highest BCUT2D eigenvalue weighted by atomic mass is 35.5. The van der Waals surface area contributed by atoms with Crippen molar-refractivity contribution < 1.29 is 14.3 Å². The Hall–Kier alpha value is -1.75. The standard InChI is InChI=1S/C18H25ClN2O3/c1-13-6-9-20(10-7-13)18(23)8-11-21(14(2)22)16-12-15(19)4-5-17(16)24-3/h4-5,12-13H,6-11H2,1-3H3. The van der Waals surface area contributed by atoms with E-state index in [0.717, 1.165) is 25.9 Å². The number of anilines is 1. The number of rotatable bonds is 5. The third kappa shape index (κ3) is 4.63. The highest BCUT2D eigenvalue weighted by Crippen LogP contribution is 2.31. The van der Waals surface area contributed by atoms with Crippen LogP contribution in [0.4, 0.5) is 5.69 Å². The number of hydrogen-bond donors (Lipinski definition) is 0. The Bertz CT molecular complexity index is 598. The van der Waals surface area contributed by atoms with Crippen LogP contribution in [-0.2, 0) is 9.59 Å². The minimum atomic E-state index is -0.143. The Kier molecular flexibility index (Phi) is 6.49. The highest BCUT2D eigenvalue weighted by Gasteiger charge is 2.23. The zero-order valence-electron chi connectivity index (χ0n) is 14.5. The molecule has 2 amide bonds. The normalized spacial score (nSPS) is 15.2. The average molecular weight is 353 g/mol. The highest BCUT2D eigenvalue weighted by molar-refractivity contribution is 6.31. The van der Waals surface area contributed by atoms with E-state index in [4.69, 9.17) is 16.3 Å². The number of hydrogen-bond acceptors (Lipinski definition) is 3. The number of benzene rings is 1. The molecule has 0 unspecified atom stereocenters. The van der Waals surface area contributed by atoms with Gasteiger partial charge in [0.15, 0.2) is 0 Å². The van der Waals surface area contributed by atoms with Gasteiger partial charge < -0.3 is 14.5 Å². The molecule has 0 saturated carbocycles. The molecular weight excluding hydrogens is 328 g/mol. The van der Waals surface area contributed by atoms with Gasteiger partial charge in [-0.25, -0.2) is 0 Å². The van der Waals surface area contributed by atoms with E-state index in [9.17, 15) is 9.59 Å². The molecular formula is C18H25ClN2O3. The van der Waals surface area contributed by atoms with E-state index >= 15 is 0 Å². The molecule has 0 bridgehead atoms. The van der Waals surface area contributed by atoms with E-state index in [1.54, 1.807) is 30.2 Å². The minimum absolute atomic E-state index is 0.0918. The molecule has 0 atom stereocenters. The summed E-state index contributed by atoms with van der Waals surface area (Å²) in [6.45, 7) is 5.62. The average Bonchev–Trinajstić information content (AvgIpc) is 2.55.